The summed E-state index contributed by atoms with van der Waals surface area (Å²) in [4.78, 5) is 11.5. The van der Waals surface area contributed by atoms with Crippen LogP contribution in [0.15, 0.2) is 29.2 Å². The fourth-order valence-corrected chi connectivity index (χ4v) is 3.30. The average Bonchev–Trinajstić information content (AvgIpc) is 3.04. The van der Waals surface area contributed by atoms with Crippen LogP contribution < -0.4 is 10.0 Å². The lowest BCUT2D eigenvalue weighted by Crippen LogP contribution is -2.34. The van der Waals surface area contributed by atoms with Gasteiger partial charge in [0.05, 0.1) is 11.5 Å². The van der Waals surface area contributed by atoms with Crippen LogP contribution in [-0.2, 0) is 14.8 Å². The topological polar surface area (TPSA) is 84.5 Å². The maximum atomic E-state index is 12.2. The van der Waals surface area contributed by atoms with Crippen LogP contribution >= 0.6 is 0 Å². The number of hydrogen-bond acceptors (Lipinski definition) is 4. The van der Waals surface area contributed by atoms with E-state index in [0.29, 0.717) is 13.2 Å². The molecule has 1 aromatic rings. The highest BCUT2D eigenvalue weighted by atomic mass is 32.2. The number of hydrogen-bond donors (Lipinski definition) is 2. The van der Waals surface area contributed by atoms with Crippen molar-refractivity contribution >= 4 is 15.9 Å². The lowest BCUT2D eigenvalue weighted by molar-refractivity contribution is -0.123. The normalized spacial score (nSPS) is 18.5. The van der Waals surface area contributed by atoms with Gasteiger partial charge in [0.25, 0.3) is 5.91 Å². The molecule has 10 heteroatoms. The number of carbonyl (C=O) groups excluding carboxylic acids is 1. The van der Waals surface area contributed by atoms with E-state index in [0.717, 1.165) is 12.5 Å². The summed E-state index contributed by atoms with van der Waals surface area (Å²) in [5.41, 5.74) is -0.161. The zero-order valence-electron chi connectivity index (χ0n) is 12.6. The van der Waals surface area contributed by atoms with Gasteiger partial charge in [-0.1, -0.05) is 6.07 Å². The summed E-state index contributed by atoms with van der Waals surface area (Å²) in [5, 5.41) is 1.70. The molecule has 0 radical (unpaired) electrons. The number of carbonyl (C=O) groups is 1. The highest BCUT2D eigenvalue weighted by molar-refractivity contribution is 7.89. The number of rotatable bonds is 6. The second-order valence-corrected chi connectivity index (χ2v) is 7.17. The minimum Gasteiger partial charge on any atom is -0.381 e. The van der Waals surface area contributed by atoms with E-state index in [1.54, 1.807) is 5.32 Å². The van der Waals surface area contributed by atoms with Gasteiger partial charge in [0, 0.05) is 18.7 Å². The second kappa shape index (κ2) is 7.49. The fraction of sp³-hybridized carbons (Fsp3) is 0.500. The summed E-state index contributed by atoms with van der Waals surface area (Å²) >= 11 is 0. The van der Waals surface area contributed by atoms with Gasteiger partial charge in [0.15, 0.2) is 0 Å². The number of ether oxygens (including phenoxy) is 1. The number of sulfonamides is 1. The quantitative estimate of drug-likeness (QED) is 0.795. The van der Waals surface area contributed by atoms with Crippen LogP contribution in [-0.4, -0.2) is 46.8 Å². The summed E-state index contributed by atoms with van der Waals surface area (Å²) in [6, 6.07) is 4.86. The zero-order valence-corrected chi connectivity index (χ0v) is 13.4. The van der Waals surface area contributed by atoms with Crippen molar-refractivity contribution in [1.29, 1.82) is 0 Å². The molecule has 2 rings (SSSR count). The summed E-state index contributed by atoms with van der Waals surface area (Å²) in [6.45, 7) is -0.223. The molecular weight excluding hydrogens is 349 g/mol. The van der Waals surface area contributed by atoms with Crippen molar-refractivity contribution in [1.82, 2.24) is 10.0 Å². The summed E-state index contributed by atoms with van der Waals surface area (Å²) < 4.78 is 68.4. The third-order valence-corrected chi connectivity index (χ3v) is 4.86. The predicted octanol–water partition coefficient (Wildman–Crippen LogP) is 1.29. The van der Waals surface area contributed by atoms with Gasteiger partial charge in [-0.15, -0.1) is 0 Å². The Balaban J connectivity index is 2.03. The van der Waals surface area contributed by atoms with Crippen molar-refractivity contribution in [3.8, 4) is 0 Å². The van der Waals surface area contributed by atoms with Gasteiger partial charge in [-0.3, -0.25) is 4.79 Å². The Morgan fingerprint density at radius 1 is 1.33 bits per heavy atom. The maximum absolute atomic E-state index is 12.2. The van der Waals surface area contributed by atoms with Crippen molar-refractivity contribution in [2.75, 3.05) is 26.3 Å². The van der Waals surface area contributed by atoms with Gasteiger partial charge in [-0.2, -0.15) is 13.2 Å². The Bertz CT molecular complexity index is 686. The van der Waals surface area contributed by atoms with Gasteiger partial charge in [0.1, 0.15) is 6.54 Å². The van der Waals surface area contributed by atoms with Gasteiger partial charge in [-0.05, 0) is 30.5 Å². The number of benzene rings is 1. The molecule has 0 saturated carbocycles. The Labute approximate surface area is 137 Å². The van der Waals surface area contributed by atoms with Crippen molar-refractivity contribution in [3.05, 3.63) is 29.8 Å². The highest BCUT2D eigenvalue weighted by Gasteiger charge is 2.28. The third kappa shape index (κ3) is 5.46. The van der Waals surface area contributed by atoms with E-state index >= 15 is 0 Å². The van der Waals surface area contributed by atoms with Crippen molar-refractivity contribution in [2.24, 2.45) is 5.92 Å². The van der Waals surface area contributed by atoms with Crippen molar-refractivity contribution in [2.45, 2.75) is 17.5 Å². The molecular formula is C14H17F3N2O4S. The first-order valence-electron chi connectivity index (χ1n) is 7.20. The van der Waals surface area contributed by atoms with Crippen LogP contribution in [0.3, 0.4) is 0 Å². The van der Waals surface area contributed by atoms with Crippen LogP contribution in [0.25, 0.3) is 0 Å². The molecule has 0 unspecified atom stereocenters. The summed E-state index contributed by atoms with van der Waals surface area (Å²) in [6.07, 6.45) is -3.79. The number of halogens is 3. The molecule has 1 aliphatic rings. The van der Waals surface area contributed by atoms with Crippen LogP contribution in [0.4, 0.5) is 13.2 Å². The standard InChI is InChI=1S/C14H17F3N2O4S/c15-14(16,17)9-18-13(20)11-2-1-3-12(6-11)24(21,22)19-7-10-4-5-23-8-10/h1-3,6,10,19H,4-5,7-9H2,(H,18,20)/t10-/m0/s1. The second-order valence-electron chi connectivity index (χ2n) is 5.41. The van der Waals surface area contributed by atoms with E-state index in [9.17, 15) is 26.4 Å². The SMILES string of the molecule is O=C(NCC(F)(F)F)c1cccc(S(=O)(=O)NC[C@@H]2CCOC2)c1. The predicted molar refractivity (Wildman–Crippen MR) is 78.9 cm³/mol. The smallest absolute Gasteiger partial charge is 0.381 e. The van der Waals surface area contributed by atoms with Crippen LogP contribution in [0.5, 0.6) is 0 Å². The molecule has 2 N–H and O–H groups in total. The van der Waals surface area contributed by atoms with Gasteiger partial charge >= 0.3 is 6.18 Å². The van der Waals surface area contributed by atoms with Gasteiger partial charge in [0.2, 0.25) is 10.0 Å². The minimum absolute atomic E-state index is 0.0815. The van der Waals surface area contributed by atoms with Crippen LogP contribution in [0.1, 0.15) is 16.8 Å². The Morgan fingerprint density at radius 2 is 2.08 bits per heavy atom. The molecule has 134 valence electrons. The van der Waals surface area contributed by atoms with E-state index in [2.05, 4.69) is 4.72 Å². The number of amides is 1. The van der Waals surface area contributed by atoms with Crippen LogP contribution in [0.2, 0.25) is 0 Å². The molecule has 24 heavy (non-hydrogen) atoms. The molecule has 1 aromatic carbocycles. The average molecular weight is 366 g/mol. The summed E-state index contributed by atoms with van der Waals surface area (Å²) in [7, 11) is -3.85. The first-order valence-corrected chi connectivity index (χ1v) is 8.68. The first kappa shape index (κ1) is 18.7. The van der Waals surface area contributed by atoms with E-state index in [1.165, 1.54) is 18.2 Å². The number of alkyl halides is 3. The minimum atomic E-state index is -4.54. The molecule has 0 bridgehead atoms. The third-order valence-electron chi connectivity index (χ3n) is 3.44. The fourth-order valence-electron chi connectivity index (χ4n) is 2.14. The summed E-state index contributed by atoms with van der Waals surface area (Å²) in [5.74, 6) is -0.911. The molecule has 1 amide bonds. The van der Waals surface area contributed by atoms with E-state index in [1.807, 2.05) is 0 Å². The Morgan fingerprint density at radius 3 is 2.71 bits per heavy atom. The van der Waals surface area contributed by atoms with E-state index in [4.69, 9.17) is 4.74 Å². The molecule has 0 aromatic heterocycles. The number of nitrogens with one attached hydrogen (secondary N) is 2. The highest BCUT2D eigenvalue weighted by Crippen LogP contribution is 2.16. The molecule has 1 aliphatic heterocycles. The molecule has 1 atom stereocenters. The van der Waals surface area contributed by atoms with E-state index in [-0.39, 0.29) is 22.9 Å². The largest absolute Gasteiger partial charge is 0.405 e. The Hall–Kier alpha value is -1.65. The van der Waals surface area contributed by atoms with Crippen molar-refractivity contribution in [3.63, 3.8) is 0 Å². The first-order chi connectivity index (χ1) is 11.2. The van der Waals surface area contributed by atoms with Gasteiger partial charge < -0.3 is 10.1 Å². The monoisotopic (exact) mass is 366 g/mol. The molecule has 1 fully saturated rings. The Kier molecular flexibility index (Phi) is 5.83. The van der Waals surface area contributed by atoms with Gasteiger partial charge in [-0.25, -0.2) is 13.1 Å². The molecule has 1 saturated heterocycles. The lowest BCUT2D eigenvalue weighted by Gasteiger charge is -2.12. The lowest BCUT2D eigenvalue weighted by atomic mass is 10.1. The van der Waals surface area contributed by atoms with E-state index < -0.39 is 28.7 Å². The zero-order chi connectivity index (χ0) is 17.8. The maximum Gasteiger partial charge on any atom is 0.405 e. The van der Waals surface area contributed by atoms with Crippen molar-refractivity contribution < 1.29 is 31.1 Å². The van der Waals surface area contributed by atoms with Crippen LogP contribution in [0, 0.1) is 5.92 Å². The molecule has 1 heterocycles. The molecule has 0 aliphatic carbocycles. The molecule has 6 nitrogen and oxygen atoms in total. The molecule has 0 spiro atoms.